The van der Waals surface area contributed by atoms with Crippen LogP contribution < -0.4 is 10.6 Å². The number of hydrogen-bond donors (Lipinski definition) is 2. The SMILES string of the molecule is CCNC(=NCC(C)(C)CCS(C)(=O)=O)NCC(CC)(CC)c1ccccc1. The van der Waals surface area contributed by atoms with Gasteiger partial charge in [0.15, 0.2) is 5.96 Å². The van der Waals surface area contributed by atoms with E-state index in [9.17, 15) is 8.42 Å². The van der Waals surface area contributed by atoms with Crippen molar-refractivity contribution in [2.24, 2.45) is 10.4 Å². The van der Waals surface area contributed by atoms with Crippen LogP contribution in [-0.2, 0) is 15.3 Å². The molecule has 0 aliphatic carbocycles. The quantitative estimate of drug-likeness (QED) is 0.431. The number of nitrogens with one attached hydrogen (secondary N) is 2. The predicted octanol–water partition coefficient (Wildman–Crippen LogP) is 3.76. The molecule has 0 heterocycles. The summed E-state index contributed by atoms with van der Waals surface area (Å²) < 4.78 is 22.9. The molecule has 1 aromatic rings. The van der Waals surface area contributed by atoms with Crippen LogP contribution in [0.1, 0.15) is 59.4 Å². The van der Waals surface area contributed by atoms with Crippen molar-refractivity contribution >= 4 is 15.8 Å². The minimum Gasteiger partial charge on any atom is -0.357 e. The standard InChI is InChI=1S/C22H39N3O2S/c1-7-22(8-2,19-13-11-10-12-14-19)18-25-20(23-9-3)24-17-21(4,5)15-16-28(6,26)27/h10-14H,7-9,15-18H2,1-6H3,(H2,23,24,25). The van der Waals surface area contributed by atoms with Crippen LogP contribution in [0.25, 0.3) is 0 Å². The number of sulfone groups is 1. The van der Waals surface area contributed by atoms with Gasteiger partial charge in [-0.1, -0.05) is 58.0 Å². The molecule has 1 aromatic carbocycles. The second kappa shape index (κ2) is 10.8. The lowest BCUT2D eigenvalue weighted by molar-refractivity contribution is 0.363. The molecule has 0 amide bonds. The van der Waals surface area contributed by atoms with Gasteiger partial charge in [0.1, 0.15) is 9.84 Å². The molecule has 0 atom stereocenters. The molecule has 0 aliphatic heterocycles. The fraction of sp³-hybridized carbons (Fsp3) is 0.682. The van der Waals surface area contributed by atoms with E-state index in [4.69, 9.17) is 4.99 Å². The second-order valence-electron chi connectivity index (χ2n) is 8.45. The Balaban J connectivity index is 2.86. The first kappa shape index (κ1) is 24.5. The Kier molecular flexibility index (Phi) is 9.48. The Hall–Kier alpha value is -1.56. The van der Waals surface area contributed by atoms with E-state index < -0.39 is 9.84 Å². The van der Waals surface area contributed by atoms with Gasteiger partial charge in [-0.05, 0) is 37.2 Å². The molecule has 160 valence electrons. The molecule has 0 fully saturated rings. The maximum absolute atomic E-state index is 11.5. The van der Waals surface area contributed by atoms with Gasteiger partial charge in [0, 0.05) is 31.3 Å². The van der Waals surface area contributed by atoms with Crippen LogP contribution in [0.15, 0.2) is 35.3 Å². The van der Waals surface area contributed by atoms with Crippen molar-refractivity contribution in [1.82, 2.24) is 10.6 Å². The minimum atomic E-state index is -2.95. The molecule has 6 heteroatoms. The van der Waals surface area contributed by atoms with Gasteiger partial charge in [-0.15, -0.1) is 0 Å². The van der Waals surface area contributed by atoms with Crippen LogP contribution in [-0.4, -0.2) is 46.0 Å². The minimum absolute atomic E-state index is 0.0588. The average molecular weight is 410 g/mol. The van der Waals surface area contributed by atoms with Gasteiger partial charge in [-0.25, -0.2) is 8.42 Å². The lowest BCUT2D eigenvalue weighted by Crippen LogP contribution is -2.45. The highest BCUT2D eigenvalue weighted by Gasteiger charge is 2.28. The highest BCUT2D eigenvalue weighted by molar-refractivity contribution is 7.90. The van der Waals surface area contributed by atoms with Gasteiger partial charge < -0.3 is 10.6 Å². The van der Waals surface area contributed by atoms with Gasteiger partial charge in [0.05, 0.1) is 5.75 Å². The molecule has 0 bridgehead atoms. The van der Waals surface area contributed by atoms with Crippen LogP contribution in [0.3, 0.4) is 0 Å². The molecule has 28 heavy (non-hydrogen) atoms. The van der Waals surface area contributed by atoms with E-state index >= 15 is 0 Å². The summed E-state index contributed by atoms with van der Waals surface area (Å²) in [6.07, 6.45) is 3.97. The van der Waals surface area contributed by atoms with E-state index in [0.29, 0.717) is 13.0 Å². The molecule has 0 saturated heterocycles. The van der Waals surface area contributed by atoms with Crippen molar-refractivity contribution in [2.45, 2.75) is 59.3 Å². The van der Waals surface area contributed by atoms with E-state index in [1.807, 2.05) is 0 Å². The van der Waals surface area contributed by atoms with Crippen molar-refractivity contribution in [3.8, 4) is 0 Å². The Labute approximate surface area is 172 Å². The molecular weight excluding hydrogens is 370 g/mol. The third-order valence-corrected chi connectivity index (χ3v) is 6.44. The smallest absolute Gasteiger partial charge is 0.191 e. The topological polar surface area (TPSA) is 70.6 Å². The van der Waals surface area contributed by atoms with Gasteiger partial charge in [0.25, 0.3) is 0 Å². The third kappa shape index (κ3) is 8.21. The fourth-order valence-electron chi connectivity index (χ4n) is 3.23. The lowest BCUT2D eigenvalue weighted by atomic mass is 9.76. The third-order valence-electron chi connectivity index (χ3n) is 5.49. The van der Waals surface area contributed by atoms with Gasteiger partial charge in [0.2, 0.25) is 0 Å². The van der Waals surface area contributed by atoms with Crippen LogP contribution in [0, 0.1) is 5.41 Å². The average Bonchev–Trinajstić information content (AvgIpc) is 2.66. The maximum atomic E-state index is 11.5. The summed E-state index contributed by atoms with van der Waals surface area (Å²) in [5.41, 5.74) is 1.23. The Morgan fingerprint density at radius 3 is 2.14 bits per heavy atom. The number of benzene rings is 1. The summed E-state index contributed by atoms with van der Waals surface area (Å²) in [6, 6.07) is 10.6. The fourth-order valence-corrected chi connectivity index (χ4v) is 4.15. The van der Waals surface area contributed by atoms with Crippen molar-refractivity contribution in [2.75, 3.05) is 31.6 Å². The molecule has 5 nitrogen and oxygen atoms in total. The van der Waals surface area contributed by atoms with Crippen molar-refractivity contribution in [1.29, 1.82) is 0 Å². The monoisotopic (exact) mass is 409 g/mol. The highest BCUT2D eigenvalue weighted by Crippen LogP contribution is 2.30. The summed E-state index contributed by atoms with van der Waals surface area (Å²) in [5, 5.41) is 6.85. The molecule has 0 saturated carbocycles. The summed E-state index contributed by atoms with van der Waals surface area (Å²) in [4.78, 5) is 4.75. The molecule has 0 aliphatic rings. The maximum Gasteiger partial charge on any atom is 0.191 e. The molecule has 1 rings (SSSR count). The van der Waals surface area contributed by atoms with Crippen molar-refractivity contribution in [3.05, 3.63) is 35.9 Å². The predicted molar refractivity (Wildman–Crippen MR) is 121 cm³/mol. The van der Waals surface area contributed by atoms with Crippen LogP contribution in [0.5, 0.6) is 0 Å². The Morgan fingerprint density at radius 1 is 1.04 bits per heavy atom. The van der Waals surface area contributed by atoms with Crippen molar-refractivity contribution in [3.63, 3.8) is 0 Å². The number of nitrogens with zero attached hydrogens (tertiary/aromatic N) is 1. The first-order chi connectivity index (χ1) is 13.1. The van der Waals surface area contributed by atoms with E-state index in [0.717, 1.165) is 31.9 Å². The first-order valence-electron chi connectivity index (χ1n) is 10.3. The van der Waals surface area contributed by atoms with Gasteiger partial charge >= 0.3 is 0 Å². The van der Waals surface area contributed by atoms with E-state index in [1.54, 1.807) is 0 Å². The molecule has 0 unspecified atom stereocenters. The number of rotatable bonds is 11. The molecule has 2 N–H and O–H groups in total. The molecule has 0 radical (unpaired) electrons. The number of guanidine groups is 1. The molecule has 0 aromatic heterocycles. The van der Waals surface area contributed by atoms with Crippen LogP contribution in [0.4, 0.5) is 0 Å². The number of aliphatic imine (C=N–C) groups is 1. The molecular formula is C22H39N3O2S. The number of hydrogen-bond acceptors (Lipinski definition) is 3. The lowest BCUT2D eigenvalue weighted by Gasteiger charge is -2.33. The Bertz CT molecular complexity index is 709. The zero-order valence-corrected chi connectivity index (χ0v) is 19.3. The Morgan fingerprint density at radius 2 is 1.64 bits per heavy atom. The largest absolute Gasteiger partial charge is 0.357 e. The van der Waals surface area contributed by atoms with Gasteiger partial charge in [-0.3, -0.25) is 4.99 Å². The van der Waals surface area contributed by atoms with Crippen molar-refractivity contribution < 1.29 is 8.42 Å². The zero-order valence-electron chi connectivity index (χ0n) is 18.5. The first-order valence-corrected chi connectivity index (χ1v) is 12.4. The summed E-state index contributed by atoms with van der Waals surface area (Å²) in [5.74, 6) is 0.986. The van der Waals surface area contributed by atoms with E-state index in [-0.39, 0.29) is 16.6 Å². The van der Waals surface area contributed by atoms with Crippen LogP contribution >= 0.6 is 0 Å². The molecule has 0 spiro atoms. The van der Waals surface area contributed by atoms with E-state index in [2.05, 4.69) is 75.6 Å². The summed E-state index contributed by atoms with van der Waals surface area (Å²) in [7, 11) is -2.95. The summed E-state index contributed by atoms with van der Waals surface area (Å²) >= 11 is 0. The highest BCUT2D eigenvalue weighted by atomic mass is 32.2. The normalized spacial score (nSPS) is 13.4. The van der Waals surface area contributed by atoms with E-state index in [1.165, 1.54) is 11.8 Å². The zero-order chi connectivity index (χ0) is 21.3. The second-order valence-corrected chi connectivity index (χ2v) is 10.7. The van der Waals surface area contributed by atoms with Gasteiger partial charge in [-0.2, -0.15) is 0 Å². The van der Waals surface area contributed by atoms with Crippen LogP contribution in [0.2, 0.25) is 0 Å². The summed E-state index contributed by atoms with van der Waals surface area (Å²) in [6.45, 7) is 12.8.